The number of nitrogens with one attached hydrogen (secondary N) is 1. The monoisotopic (exact) mass is 393 g/mol. The maximum atomic E-state index is 12.3. The van der Waals surface area contributed by atoms with Gasteiger partial charge in [0.05, 0.1) is 4.92 Å². The lowest BCUT2D eigenvalue weighted by Gasteiger charge is -2.31. The van der Waals surface area contributed by atoms with Crippen molar-refractivity contribution in [2.24, 2.45) is 5.92 Å². The number of amides is 1. The molecule has 2 heterocycles. The number of piperidine rings is 1. The fourth-order valence-electron chi connectivity index (χ4n) is 3.10. The quantitative estimate of drug-likeness (QED) is 0.595. The molecule has 0 atom stereocenters. The minimum atomic E-state index is -0.581. The van der Waals surface area contributed by atoms with Gasteiger partial charge in [0.2, 0.25) is 0 Å². The highest BCUT2D eigenvalue weighted by Crippen LogP contribution is 2.25. The first-order valence-corrected chi connectivity index (χ1v) is 9.75. The summed E-state index contributed by atoms with van der Waals surface area (Å²) in [6.07, 6.45) is 2.07. The number of halogens is 1. The Morgan fingerprint density at radius 1 is 1.35 bits per heavy atom. The van der Waals surface area contributed by atoms with Crippen LogP contribution in [-0.2, 0) is 6.54 Å². The molecule has 1 aliphatic heterocycles. The van der Waals surface area contributed by atoms with Gasteiger partial charge in [-0.05, 0) is 55.4 Å². The van der Waals surface area contributed by atoms with Gasteiger partial charge in [-0.3, -0.25) is 19.8 Å². The van der Waals surface area contributed by atoms with E-state index in [1.807, 2.05) is 0 Å². The number of rotatable bonds is 6. The molecule has 1 aliphatic rings. The van der Waals surface area contributed by atoms with Crippen molar-refractivity contribution in [2.45, 2.75) is 19.4 Å². The molecule has 138 valence electrons. The van der Waals surface area contributed by atoms with Crippen molar-refractivity contribution < 1.29 is 9.72 Å². The Morgan fingerprint density at radius 3 is 2.77 bits per heavy atom. The molecular formula is C18H20ClN3O3S. The van der Waals surface area contributed by atoms with Gasteiger partial charge in [-0.2, -0.15) is 0 Å². The van der Waals surface area contributed by atoms with Crippen LogP contribution in [0.2, 0.25) is 5.02 Å². The average Bonchev–Trinajstić information content (AvgIpc) is 3.14. The van der Waals surface area contributed by atoms with E-state index in [1.54, 1.807) is 11.3 Å². The zero-order valence-electron chi connectivity index (χ0n) is 14.2. The normalized spacial score (nSPS) is 15.7. The van der Waals surface area contributed by atoms with Crippen LogP contribution in [0.15, 0.2) is 35.7 Å². The Labute approximate surface area is 160 Å². The van der Waals surface area contributed by atoms with E-state index in [2.05, 4.69) is 27.7 Å². The van der Waals surface area contributed by atoms with Crippen LogP contribution in [0.3, 0.4) is 0 Å². The van der Waals surface area contributed by atoms with Gasteiger partial charge >= 0.3 is 0 Å². The van der Waals surface area contributed by atoms with Crippen LogP contribution in [0.1, 0.15) is 28.1 Å². The largest absolute Gasteiger partial charge is 0.352 e. The van der Waals surface area contributed by atoms with Crippen molar-refractivity contribution in [3.05, 3.63) is 61.3 Å². The highest BCUT2D eigenvalue weighted by atomic mass is 35.5. The zero-order valence-corrected chi connectivity index (χ0v) is 15.8. The molecule has 6 nitrogen and oxygen atoms in total. The maximum Gasteiger partial charge on any atom is 0.288 e. The fraction of sp³-hybridized carbons (Fsp3) is 0.389. The van der Waals surface area contributed by atoms with Crippen LogP contribution in [0, 0.1) is 16.0 Å². The van der Waals surface area contributed by atoms with E-state index >= 15 is 0 Å². The SMILES string of the molecule is O=C(NCC1CCN(Cc2cccs2)CC1)c1ccc(Cl)c([N+](=O)[O-])c1. The summed E-state index contributed by atoms with van der Waals surface area (Å²) >= 11 is 7.56. The topological polar surface area (TPSA) is 75.5 Å². The first kappa shape index (κ1) is 18.8. The minimum Gasteiger partial charge on any atom is -0.352 e. The highest BCUT2D eigenvalue weighted by molar-refractivity contribution is 7.09. The van der Waals surface area contributed by atoms with Crippen molar-refractivity contribution in [3.8, 4) is 0 Å². The van der Waals surface area contributed by atoms with Crippen LogP contribution in [0.25, 0.3) is 0 Å². The molecule has 8 heteroatoms. The standard InChI is InChI=1S/C18H20ClN3O3S/c19-16-4-3-14(10-17(16)22(24)25)18(23)20-11-13-5-7-21(8-6-13)12-15-2-1-9-26-15/h1-4,9-10,13H,5-8,11-12H2,(H,20,23). The molecule has 1 aromatic heterocycles. The van der Waals surface area contributed by atoms with Crippen LogP contribution in [-0.4, -0.2) is 35.4 Å². The summed E-state index contributed by atoms with van der Waals surface area (Å²) in [6.45, 7) is 3.61. The van der Waals surface area contributed by atoms with Crippen LogP contribution in [0.5, 0.6) is 0 Å². The van der Waals surface area contributed by atoms with Gasteiger partial charge in [0.15, 0.2) is 0 Å². The Kier molecular flexibility index (Phi) is 6.24. The summed E-state index contributed by atoms with van der Waals surface area (Å²) in [4.78, 5) is 26.4. The summed E-state index contributed by atoms with van der Waals surface area (Å²) in [5.41, 5.74) is 0.0115. The molecule has 0 radical (unpaired) electrons. The number of carbonyl (C=O) groups excluding carboxylic acids is 1. The van der Waals surface area contributed by atoms with E-state index in [1.165, 1.54) is 23.1 Å². The Bertz CT molecular complexity index is 774. The van der Waals surface area contributed by atoms with Gasteiger partial charge in [0.25, 0.3) is 11.6 Å². The third-order valence-electron chi connectivity index (χ3n) is 4.62. The summed E-state index contributed by atoms with van der Waals surface area (Å²) in [5.74, 6) is 0.131. The minimum absolute atomic E-state index is 0.0321. The predicted molar refractivity (Wildman–Crippen MR) is 103 cm³/mol. The Morgan fingerprint density at radius 2 is 2.12 bits per heavy atom. The van der Waals surface area contributed by atoms with Crippen molar-refractivity contribution in [3.63, 3.8) is 0 Å². The molecule has 0 saturated carbocycles. The number of benzene rings is 1. The second-order valence-corrected chi connectivity index (χ2v) is 7.87. The lowest BCUT2D eigenvalue weighted by atomic mass is 9.96. The summed E-state index contributed by atoms with van der Waals surface area (Å²) in [7, 11) is 0. The van der Waals surface area contributed by atoms with Crippen molar-refractivity contribution in [1.29, 1.82) is 0 Å². The number of thiophene rings is 1. The van der Waals surface area contributed by atoms with E-state index in [9.17, 15) is 14.9 Å². The maximum absolute atomic E-state index is 12.3. The number of likely N-dealkylation sites (tertiary alicyclic amines) is 1. The molecule has 0 aliphatic carbocycles. The Hall–Kier alpha value is -1.96. The van der Waals surface area contributed by atoms with E-state index in [4.69, 9.17) is 11.6 Å². The smallest absolute Gasteiger partial charge is 0.288 e. The second-order valence-electron chi connectivity index (χ2n) is 6.43. The number of nitrogens with zero attached hydrogens (tertiary/aromatic N) is 2. The van der Waals surface area contributed by atoms with E-state index < -0.39 is 4.92 Å². The van der Waals surface area contributed by atoms with Crippen LogP contribution in [0.4, 0.5) is 5.69 Å². The lowest BCUT2D eigenvalue weighted by molar-refractivity contribution is -0.384. The zero-order chi connectivity index (χ0) is 18.5. The number of nitro groups is 1. The molecular weight excluding hydrogens is 374 g/mol. The van der Waals surface area contributed by atoms with Crippen molar-refractivity contribution in [1.82, 2.24) is 10.2 Å². The Balaban J connectivity index is 1.47. The van der Waals surface area contributed by atoms with Gasteiger partial charge in [-0.15, -0.1) is 11.3 Å². The van der Waals surface area contributed by atoms with Crippen LogP contribution >= 0.6 is 22.9 Å². The van der Waals surface area contributed by atoms with E-state index in [0.717, 1.165) is 32.5 Å². The second kappa shape index (κ2) is 8.62. The summed E-state index contributed by atoms with van der Waals surface area (Å²) in [6, 6.07) is 8.35. The first-order chi connectivity index (χ1) is 12.5. The number of carbonyl (C=O) groups is 1. The van der Waals surface area contributed by atoms with E-state index in [-0.39, 0.29) is 22.2 Å². The third-order valence-corrected chi connectivity index (χ3v) is 5.80. The average molecular weight is 394 g/mol. The number of hydrogen-bond acceptors (Lipinski definition) is 5. The van der Waals surface area contributed by atoms with Crippen molar-refractivity contribution in [2.75, 3.05) is 19.6 Å². The molecule has 26 heavy (non-hydrogen) atoms. The molecule has 3 rings (SSSR count). The van der Waals surface area contributed by atoms with Gasteiger partial charge in [-0.1, -0.05) is 17.7 Å². The number of nitro benzene ring substituents is 1. The molecule has 1 fully saturated rings. The number of hydrogen-bond donors (Lipinski definition) is 1. The highest BCUT2D eigenvalue weighted by Gasteiger charge is 2.21. The predicted octanol–water partition coefficient (Wildman–Crippen LogP) is 3.95. The van der Waals surface area contributed by atoms with Crippen molar-refractivity contribution >= 4 is 34.5 Å². The van der Waals surface area contributed by atoms with E-state index in [0.29, 0.717) is 12.5 Å². The van der Waals surface area contributed by atoms with Gasteiger partial charge < -0.3 is 5.32 Å². The molecule has 0 bridgehead atoms. The van der Waals surface area contributed by atoms with Gasteiger partial charge in [-0.25, -0.2) is 0 Å². The first-order valence-electron chi connectivity index (χ1n) is 8.50. The van der Waals surface area contributed by atoms with Crippen LogP contribution < -0.4 is 5.32 Å². The molecule has 1 aromatic carbocycles. The van der Waals surface area contributed by atoms with Gasteiger partial charge in [0.1, 0.15) is 5.02 Å². The lowest BCUT2D eigenvalue weighted by Crippen LogP contribution is -2.38. The fourth-order valence-corrected chi connectivity index (χ4v) is 4.04. The molecule has 1 saturated heterocycles. The summed E-state index contributed by atoms with van der Waals surface area (Å²) < 4.78 is 0. The van der Waals surface area contributed by atoms with Gasteiger partial charge in [0, 0.05) is 29.6 Å². The molecule has 0 spiro atoms. The molecule has 1 N–H and O–H groups in total. The molecule has 2 aromatic rings. The third kappa shape index (κ3) is 4.81. The molecule has 1 amide bonds. The summed E-state index contributed by atoms with van der Waals surface area (Å²) in [5, 5.41) is 16.0. The molecule has 0 unspecified atom stereocenters.